The van der Waals surface area contributed by atoms with Gasteiger partial charge < -0.3 is 4.74 Å². The number of ether oxygens (including phenoxy) is 1. The van der Waals surface area contributed by atoms with Gasteiger partial charge >= 0.3 is 5.97 Å². The Balaban J connectivity index is 3.24. The van der Waals surface area contributed by atoms with Crippen molar-refractivity contribution < 1.29 is 17.9 Å². The van der Waals surface area contributed by atoms with Crippen molar-refractivity contribution in [1.82, 2.24) is 0 Å². The van der Waals surface area contributed by atoms with Crippen molar-refractivity contribution in [3.8, 4) is 6.07 Å². The molecular formula is C11H10N2O4S. The molecule has 0 spiro atoms. The van der Waals surface area contributed by atoms with Crippen LogP contribution in [0, 0.1) is 11.3 Å². The second-order valence-corrected chi connectivity index (χ2v) is 4.84. The van der Waals surface area contributed by atoms with Crippen LogP contribution in [-0.2, 0) is 19.6 Å². The van der Waals surface area contributed by atoms with Crippen molar-refractivity contribution in [2.75, 3.05) is 7.11 Å². The van der Waals surface area contributed by atoms with Crippen molar-refractivity contribution >= 4 is 22.1 Å². The SMILES string of the molecule is COC(=O)/C(C#N)=C/c1cccc(S(N)(=O)=O)c1. The Morgan fingerprint density at radius 1 is 1.50 bits per heavy atom. The standard InChI is InChI=1S/C11H10N2O4S/c1-17-11(14)9(7-12)5-8-3-2-4-10(6-8)18(13,15)16/h2-6H,1H3,(H2,13,15,16)/b9-5+. The molecule has 0 unspecified atom stereocenters. The van der Waals surface area contributed by atoms with E-state index < -0.39 is 16.0 Å². The molecule has 0 aromatic heterocycles. The van der Waals surface area contributed by atoms with E-state index in [4.69, 9.17) is 10.4 Å². The summed E-state index contributed by atoms with van der Waals surface area (Å²) >= 11 is 0. The van der Waals surface area contributed by atoms with Gasteiger partial charge in [-0.25, -0.2) is 18.4 Å². The maximum absolute atomic E-state index is 11.2. The number of nitriles is 1. The Kier molecular flexibility index (Phi) is 4.20. The summed E-state index contributed by atoms with van der Waals surface area (Å²) in [5.41, 5.74) is 0.132. The Labute approximate surface area is 104 Å². The third kappa shape index (κ3) is 3.41. The van der Waals surface area contributed by atoms with E-state index >= 15 is 0 Å². The lowest BCUT2D eigenvalue weighted by atomic mass is 10.1. The van der Waals surface area contributed by atoms with Crippen LogP contribution in [-0.4, -0.2) is 21.5 Å². The van der Waals surface area contributed by atoms with E-state index in [9.17, 15) is 13.2 Å². The number of carbonyl (C=O) groups is 1. The van der Waals surface area contributed by atoms with E-state index in [1.54, 1.807) is 6.07 Å². The molecule has 0 aliphatic rings. The zero-order valence-corrected chi connectivity index (χ0v) is 10.3. The molecule has 0 saturated carbocycles. The lowest BCUT2D eigenvalue weighted by Crippen LogP contribution is -2.12. The number of nitrogens with two attached hydrogens (primary N) is 1. The zero-order chi connectivity index (χ0) is 13.8. The highest BCUT2D eigenvalue weighted by Crippen LogP contribution is 2.13. The summed E-state index contributed by atoms with van der Waals surface area (Å²) in [5.74, 6) is -0.793. The maximum atomic E-state index is 11.2. The predicted molar refractivity (Wildman–Crippen MR) is 63.4 cm³/mol. The third-order valence-corrected chi connectivity index (χ3v) is 2.93. The predicted octanol–water partition coefficient (Wildman–Crippen LogP) is 0.414. The topological polar surface area (TPSA) is 110 Å². The fourth-order valence-corrected chi connectivity index (χ4v) is 1.76. The van der Waals surface area contributed by atoms with Crippen molar-refractivity contribution in [3.63, 3.8) is 0 Å². The van der Waals surface area contributed by atoms with Crippen molar-refractivity contribution in [1.29, 1.82) is 5.26 Å². The molecule has 0 aliphatic carbocycles. The van der Waals surface area contributed by atoms with Gasteiger partial charge in [-0.1, -0.05) is 12.1 Å². The lowest BCUT2D eigenvalue weighted by molar-refractivity contribution is -0.135. The van der Waals surface area contributed by atoms with Gasteiger partial charge in [-0.15, -0.1) is 0 Å². The molecule has 1 rings (SSSR count). The monoisotopic (exact) mass is 266 g/mol. The number of carbonyl (C=O) groups excluding carboxylic acids is 1. The molecule has 0 atom stereocenters. The Morgan fingerprint density at radius 3 is 2.67 bits per heavy atom. The average molecular weight is 266 g/mol. The minimum absolute atomic E-state index is 0.0987. The van der Waals surface area contributed by atoms with Crippen LogP contribution in [0.1, 0.15) is 5.56 Å². The van der Waals surface area contributed by atoms with E-state index in [0.29, 0.717) is 5.56 Å². The van der Waals surface area contributed by atoms with Gasteiger partial charge in [0.25, 0.3) is 0 Å². The van der Waals surface area contributed by atoms with E-state index in [-0.39, 0.29) is 10.5 Å². The summed E-state index contributed by atoms with van der Waals surface area (Å²) < 4.78 is 26.7. The van der Waals surface area contributed by atoms with E-state index in [0.717, 1.165) is 7.11 Å². The van der Waals surface area contributed by atoms with Crippen LogP contribution in [0.15, 0.2) is 34.7 Å². The van der Waals surface area contributed by atoms with Crippen LogP contribution in [0.25, 0.3) is 6.08 Å². The maximum Gasteiger partial charge on any atom is 0.348 e. The van der Waals surface area contributed by atoms with Crippen molar-refractivity contribution in [2.24, 2.45) is 5.14 Å². The first-order valence-electron chi connectivity index (χ1n) is 4.71. The number of sulfonamides is 1. The van der Waals surface area contributed by atoms with Crippen LogP contribution >= 0.6 is 0 Å². The number of hydrogen-bond donors (Lipinski definition) is 1. The molecule has 0 bridgehead atoms. The fraction of sp³-hybridized carbons (Fsp3) is 0.0909. The number of hydrogen-bond acceptors (Lipinski definition) is 5. The molecule has 1 aromatic carbocycles. The van der Waals surface area contributed by atoms with E-state index in [1.807, 2.05) is 0 Å². The van der Waals surface area contributed by atoms with Gasteiger partial charge in [0.15, 0.2) is 0 Å². The molecule has 0 fully saturated rings. The number of primary sulfonamides is 1. The van der Waals surface area contributed by atoms with E-state index in [1.165, 1.54) is 30.3 Å². The average Bonchev–Trinajstić information content (AvgIpc) is 2.34. The molecule has 0 amide bonds. The molecule has 0 aliphatic heterocycles. The third-order valence-electron chi connectivity index (χ3n) is 2.02. The van der Waals surface area contributed by atoms with E-state index in [2.05, 4.69) is 4.74 Å². The largest absolute Gasteiger partial charge is 0.465 e. The molecule has 18 heavy (non-hydrogen) atoms. The molecule has 0 saturated heterocycles. The zero-order valence-electron chi connectivity index (χ0n) is 9.45. The second-order valence-electron chi connectivity index (χ2n) is 3.28. The first kappa shape index (κ1) is 13.9. The normalized spacial score (nSPS) is 11.7. The van der Waals surface area contributed by atoms with Crippen molar-refractivity contribution in [2.45, 2.75) is 4.90 Å². The summed E-state index contributed by atoms with van der Waals surface area (Å²) in [7, 11) is -2.67. The van der Waals surface area contributed by atoms with Crippen LogP contribution in [0.4, 0.5) is 0 Å². The molecule has 2 N–H and O–H groups in total. The first-order valence-corrected chi connectivity index (χ1v) is 6.26. The summed E-state index contributed by atoms with van der Waals surface area (Å²) in [5, 5.41) is 13.7. The number of methoxy groups -OCH3 is 1. The Bertz CT molecular complexity index is 641. The van der Waals surface area contributed by atoms with Crippen LogP contribution in [0.5, 0.6) is 0 Å². The minimum atomic E-state index is -3.82. The number of esters is 1. The molecule has 0 radical (unpaired) electrons. The highest BCUT2D eigenvalue weighted by atomic mass is 32.2. The lowest BCUT2D eigenvalue weighted by Gasteiger charge is -2.00. The molecule has 0 heterocycles. The highest BCUT2D eigenvalue weighted by molar-refractivity contribution is 7.89. The van der Waals surface area contributed by atoms with Gasteiger partial charge in [0.1, 0.15) is 11.6 Å². The van der Waals surface area contributed by atoms with Gasteiger partial charge in [0.2, 0.25) is 10.0 Å². The Morgan fingerprint density at radius 2 is 2.17 bits per heavy atom. The smallest absolute Gasteiger partial charge is 0.348 e. The molecule has 6 nitrogen and oxygen atoms in total. The minimum Gasteiger partial charge on any atom is -0.465 e. The van der Waals surface area contributed by atoms with Gasteiger partial charge in [0, 0.05) is 0 Å². The summed E-state index contributed by atoms with van der Waals surface area (Å²) in [6.45, 7) is 0. The quantitative estimate of drug-likeness (QED) is 0.484. The fourth-order valence-electron chi connectivity index (χ4n) is 1.19. The van der Waals surface area contributed by atoms with Gasteiger partial charge in [0.05, 0.1) is 12.0 Å². The summed E-state index contributed by atoms with van der Waals surface area (Å²) in [4.78, 5) is 11.1. The highest BCUT2D eigenvalue weighted by Gasteiger charge is 2.10. The summed E-state index contributed by atoms with van der Waals surface area (Å²) in [6, 6.07) is 7.23. The molecule has 7 heteroatoms. The van der Waals surface area contributed by atoms with Gasteiger partial charge in [-0.2, -0.15) is 5.26 Å². The molecular weight excluding hydrogens is 256 g/mol. The number of rotatable bonds is 3. The second kappa shape index (κ2) is 5.44. The number of benzene rings is 1. The molecule has 1 aromatic rings. The Hall–Kier alpha value is -2.17. The van der Waals surface area contributed by atoms with Crippen LogP contribution in [0.3, 0.4) is 0 Å². The molecule has 94 valence electrons. The number of nitrogens with zero attached hydrogens (tertiary/aromatic N) is 1. The summed E-state index contributed by atoms with van der Waals surface area (Å²) in [6.07, 6.45) is 1.22. The van der Waals surface area contributed by atoms with Crippen LogP contribution < -0.4 is 5.14 Å². The van der Waals surface area contributed by atoms with Crippen molar-refractivity contribution in [3.05, 3.63) is 35.4 Å². The van der Waals surface area contributed by atoms with Gasteiger partial charge in [-0.05, 0) is 23.8 Å². The van der Waals surface area contributed by atoms with Crippen LogP contribution in [0.2, 0.25) is 0 Å². The first-order chi connectivity index (χ1) is 8.38. The van der Waals surface area contributed by atoms with Gasteiger partial charge in [-0.3, -0.25) is 0 Å².